The molecule has 1 aliphatic rings. The summed E-state index contributed by atoms with van der Waals surface area (Å²) in [6, 6.07) is 11.4. The maximum atomic E-state index is 13.4. The average Bonchev–Trinajstić information content (AvgIpc) is 2.63. The zero-order valence-electron chi connectivity index (χ0n) is 15.5. The van der Waals surface area contributed by atoms with Crippen molar-refractivity contribution in [2.45, 2.75) is 19.4 Å². The summed E-state index contributed by atoms with van der Waals surface area (Å²) < 4.78 is 13.4. The van der Waals surface area contributed by atoms with Crippen molar-refractivity contribution < 1.29 is 14.3 Å². The van der Waals surface area contributed by atoms with Crippen molar-refractivity contribution in [1.29, 1.82) is 0 Å². The number of halogens is 1. The Balaban J connectivity index is 1.75. The number of benzene rings is 2. The molecule has 1 saturated heterocycles. The Bertz CT molecular complexity index is 1020. The van der Waals surface area contributed by atoms with Crippen molar-refractivity contribution in [2.24, 2.45) is 0 Å². The van der Waals surface area contributed by atoms with Crippen LogP contribution in [0.4, 0.5) is 10.2 Å². The van der Waals surface area contributed by atoms with Crippen LogP contribution in [0.1, 0.15) is 34.2 Å². The summed E-state index contributed by atoms with van der Waals surface area (Å²) in [7, 11) is 0. The molecule has 0 amide bonds. The number of carbonyl (C=O) groups is 1. The van der Waals surface area contributed by atoms with E-state index < -0.39 is 5.97 Å². The van der Waals surface area contributed by atoms with E-state index in [4.69, 9.17) is 0 Å². The first-order valence-electron chi connectivity index (χ1n) is 9.26. The number of aromatic carboxylic acids is 1. The largest absolute Gasteiger partial charge is 0.478 e. The summed E-state index contributed by atoms with van der Waals surface area (Å²) in [5.74, 6) is -0.225. The van der Waals surface area contributed by atoms with Gasteiger partial charge in [-0.15, -0.1) is 0 Å². The second kappa shape index (κ2) is 7.52. The molecule has 0 aliphatic carbocycles. The number of aryl methyl sites for hydroxylation is 1. The number of rotatable bonds is 6. The summed E-state index contributed by atoms with van der Waals surface area (Å²) >= 11 is 0. The van der Waals surface area contributed by atoms with Gasteiger partial charge in [-0.2, -0.15) is 0 Å². The van der Waals surface area contributed by atoms with E-state index in [0.717, 1.165) is 25.2 Å². The number of fused-ring (bicyclic) bond motifs is 1. The van der Waals surface area contributed by atoms with Gasteiger partial charge in [-0.1, -0.05) is 18.2 Å². The van der Waals surface area contributed by atoms with Crippen molar-refractivity contribution in [3.05, 3.63) is 65.2 Å². The monoisotopic (exact) mass is 380 g/mol. The molecule has 1 fully saturated rings. The number of aromatic nitrogens is 2. The van der Waals surface area contributed by atoms with Crippen LogP contribution in [0.15, 0.2) is 42.5 Å². The Hall–Kier alpha value is -3.06. The van der Waals surface area contributed by atoms with E-state index in [-0.39, 0.29) is 17.4 Å². The van der Waals surface area contributed by atoms with Crippen LogP contribution >= 0.6 is 0 Å². The number of nitrogens with one attached hydrogen (secondary N) is 1. The van der Waals surface area contributed by atoms with Crippen LogP contribution in [-0.2, 0) is 0 Å². The first kappa shape index (κ1) is 18.3. The molecule has 0 radical (unpaired) electrons. The third-order valence-corrected chi connectivity index (χ3v) is 5.04. The molecule has 2 N–H and O–H groups in total. The minimum Gasteiger partial charge on any atom is -0.478 e. The molecule has 1 atom stereocenters. The lowest BCUT2D eigenvalue weighted by Crippen LogP contribution is -2.41. The molecule has 0 saturated carbocycles. The molecule has 1 aliphatic heterocycles. The fourth-order valence-corrected chi connectivity index (χ4v) is 3.46. The normalized spacial score (nSPS) is 15.2. The third-order valence-electron chi connectivity index (χ3n) is 5.04. The predicted molar refractivity (Wildman–Crippen MR) is 105 cm³/mol. The lowest BCUT2D eigenvalue weighted by atomic mass is 10.0. The van der Waals surface area contributed by atoms with Gasteiger partial charge in [-0.3, -0.25) is 0 Å². The molecule has 2 aromatic carbocycles. The van der Waals surface area contributed by atoms with Crippen molar-refractivity contribution in [2.75, 3.05) is 25.0 Å². The number of para-hydroxylation sites is 1. The van der Waals surface area contributed by atoms with E-state index in [2.05, 4.69) is 20.2 Å². The van der Waals surface area contributed by atoms with Crippen LogP contribution in [0.2, 0.25) is 0 Å². The molecule has 3 aromatic rings. The highest BCUT2D eigenvalue weighted by Gasteiger charge is 2.22. The average molecular weight is 380 g/mol. The predicted octanol–water partition coefficient (Wildman–Crippen LogP) is 3.63. The van der Waals surface area contributed by atoms with Gasteiger partial charge in [0.15, 0.2) is 0 Å². The second-order valence-electron chi connectivity index (χ2n) is 7.03. The smallest absolute Gasteiger partial charge is 0.337 e. The summed E-state index contributed by atoms with van der Waals surface area (Å²) in [6.45, 7) is 4.57. The van der Waals surface area contributed by atoms with E-state index in [0.29, 0.717) is 22.5 Å². The van der Waals surface area contributed by atoms with Crippen LogP contribution in [0.5, 0.6) is 0 Å². The number of hydrogen-bond acceptors (Lipinski definition) is 5. The number of carboxylic acid groups (broad SMARTS) is 1. The molecule has 0 bridgehead atoms. The van der Waals surface area contributed by atoms with Crippen molar-refractivity contribution in [1.82, 2.24) is 14.9 Å². The van der Waals surface area contributed by atoms with E-state index in [1.54, 1.807) is 31.2 Å². The van der Waals surface area contributed by atoms with Crippen LogP contribution in [0.3, 0.4) is 0 Å². The number of likely N-dealkylation sites (tertiary alicyclic amines) is 1. The lowest BCUT2D eigenvalue weighted by Gasteiger charge is -2.35. The number of hydrogen-bond donors (Lipinski definition) is 2. The van der Waals surface area contributed by atoms with E-state index in [1.807, 2.05) is 6.07 Å². The van der Waals surface area contributed by atoms with Gasteiger partial charge >= 0.3 is 5.97 Å². The second-order valence-corrected chi connectivity index (χ2v) is 7.03. The summed E-state index contributed by atoms with van der Waals surface area (Å²) in [5.41, 5.74) is 1.51. The van der Waals surface area contributed by atoms with Gasteiger partial charge in [0, 0.05) is 11.9 Å². The van der Waals surface area contributed by atoms with Crippen LogP contribution in [0.25, 0.3) is 10.9 Å². The highest BCUT2D eigenvalue weighted by Crippen LogP contribution is 2.28. The minimum atomic E-state index is -1.02. The molecule has 4 rings (SSSR count). The number of nitrogens with zero attached hydrogens (tertiary/aromatic N) is 3. The zero-order chi connectivity index (χ0) is 19.7. The molecule has 28 heavy (non-hydrogen) atoms. The Morgan fingerprint density at radius 2 is 1.96 bits per heavy atom. The van der Waals surface area contributed by atoms with E-state index in [9.17, 15) is 14.3 Å². The zero-order valence-corrected chi connectivity index (χ0v) is 15.5. The summed E-state index contributed by atoms with van der Waals surface area (Å²) in [4.78, 5) is 22.8. The van der Waals surface area contributed by atoms with Gasteiger partial charge in [0.2, 0.25) is 0 Å². The maximum absolute atomic E-state index is 13.4. The van der Waals surface area contributed by atoms with Gasteiger partial charge < -0.3 is 15.3 Å². The minimum absolute atomic E-state index is 0.105. The van der Waals surface area contributed by atoms with E-state index >= 15 is 0 Å². The Morgan fingerprint density at radius 1 is 1.21 bits per heavy atom. The molecular formula is C21H21FN4O2. The highest BCUT2D eigenvalue weighted by molar-refractivity contribution is 6.04. The van der Waals surface area contributed by atoms with Crippen molar-refractivity contribution >= 4 is 22.7 Å². The Kier molecular flexibility index (Phi) is 4.92. The SMILES string of the molecule is Cc1nc(N[C@H](CN2CCC2)c2ccc(F)cc2)c2cccc(C(=O)O)c2n1. The molecule has 0 spiro atoms. The highest BCUT2D eigenvalue weighted by atomic mass is 19.1. The molecule has 7 heteroatoms. The van der Waals surface area contributed by atoms with Gasteiger partial charge in [-0.05, 0) is 56.3 Å². The summed E-state index contributed by atoms with van der Waals surface area (Å²) in [5, 5.41) is 13.6. The van der Waals surface area contributed by atoms with E-state index in [1.165, 1.54) is 18.6 Å². The van der Waals surface area contributed by atoms with Gasteiger partial charge in [0.1, 0.15) is 17.5 Å². The topological polar surface area (TPSA) is 78.4 Å². The number of anilines is 1. The van der Waals surface area contributed by atoms with Crippen molar-refractivity contribution in [3.8, 4) is 0 Å². The molecule has 2 heterocycles. The molecule has 6 nitrogen and oxygen atoms in total. The molecule has 1 aromatic heterocycles. The van der Waals surface area contributed by atoms with Crippen LogP contribution in [-0.4, -0.2) is 45.6 Å². The standard InChI is InChI=1S/C21H21FN4O2/c1-13-23-19-16(4-2-5-17(19)21(27)28)20(24-13)25-18(12-26-10-3-11-26)14-6-8-15(22)9-7-14/h2,4-9,18H,3,10-12H2,1H3,(H,27,28)(H,23,24,25)/t18-/m1/s1. The third kappa shape index (κ3) is 3.66. The quantitative estimate of drug-likeness (QED) is 0.680. The molecule has 144 valence electrons. The Labute approximate surface area is 162 Å². The van der Waals surface area contributed by atoms with Gasteiger partial charge in [0.05, 0.1) is 17.1 Å². The summed E-state index contributed by atoms with van der Waals surface area (Å²) in [6.07, 6.45) is 1.17. The van der Waals surface area contributed by atoms with Crippen LogP contribution in [0, 0.1) is 12.7 Å². The maximum Gasteiger partial charge on any atom is 0.337 e. The van der Waals surface area contributed by atoms with Crippen LogP contribution < -0.4 is 5.32 Å². The van der Waals surface area contributed by atoms with Gasteiger partial charge in [0.25, 0.3) is 0 Å². The first-order valence-corrected chi connectivity index (χ1v) is 9.26. The van der Waals surface area contributed by atoms with Crippen molar-refractivity contribution in [3.63, 3.8) is 0 Å². The molecular weight excluding hydrogens is 359 g/mol. The lowest BCUT2D eigenvalue weighted by molar-refractivity contribution is 0.0699. The fraction of sp³-hybridized carbons (Fsp3) is 0.286. The molecule has 0 unspecified atom stereocenters. The fourth-order valence-electron chi connectivity index (χ4n) is 3.46. The first-order chi connectivity index (χ1) is 13.5. The number of carboxylic acids is 1. The van der Waals surface area contributed by atoms with Gasteiger partial charge in [-0.25, -0.2) is 19.2 Å². The Morgan fingerprint density at radius 3 is 2.61 bits per heavy atom.